The second kappa shape index (κ2) is 3.29. The van der Waals surface area contributed by atoms with Gasteiger partial charge in [-0.05, 0) is 19.3 Å². The Morgan fingerprint density at radius 1 is 1.54 bits per heavy atom. The van der Waals surface area contributed by atoms with E-state index in [9.17, 15) is 13.2 Å². The van der Waals surface area contributed by atoms with E-state index >= 15 is 0 Å². The third-order valence-electron chi connectivity index (χ3n) is 2.45. The Labute approximate surface area is 78.6 Å². The van der Waals surface area contributed by atoms with Crippen LogP contribution in [0.5, 0.6) is 0 Å². The molecule has 1 aliphatic rings. The lowest BCUT2D eigenvalue weighted by atomic mass is 10.4. The van der Waals surface area contributed by atoms with Crippen molar-refractivity contribution in [3.05, 3.63) is 0 Å². The Morgan fingerprint density at radius 3 is 2.31 bits per heavy atom. The molecule has 0 radical (unpaired) electrons. The first kappa shape index (κ1) is 10.5. The van der Waals surface area contributed by atoms with Gasteiger partial charge in [-0.1, -0.05) is 6.92 Å². The summed E-state index contributed by atoms with van der Waals surface area (Å²) in [5.74, 6) is 0.118. The van der Waals surface area contributed by atoms with Gasteiger partial charge in [0.25, 0.3) is 0 Å². The summed E-state index contributed by atoms with van der Waals surface area (Å²) in [6.07, 6.45) is 2.04. The molecule has 0 bridgehead atoms. The molecule has 0 aromatic rings. The highest BCUT2D eigenvalue weighted by Crippen LogP contribution is 2.29. The van der Waals surface area contributed by atoms with E-state index in [1.807, 2.05) is 6.92 Å². The summed E-state index contributed by atoms with van der Waals surface area (Å²) in [6, 6.07) is 0.191. The molecule has 1 rings (SSSR count). The number of carbonyl (C=O) groups excluding carboxylic acids is 1. The van der Waals surface area contributed by atoms with Crippen LogP contribution in [0.25, 0.3) is 0 Å². The molecule has 0 spiro atoms. The minimum absolute atomic E-state index is 0.191. The Hall–Kier alpha value is -0.580. The van der Waals surface area contributed by atoms with Gasteiger partial charge in [0.15, 0.2) is 9.84 Å². The molecular formula is C8H15NO3S. The van der Waals surface area contributed by atoms with E-state index in [-0.39, 0.29) is 11.9 Å². The molecule has 0 aliphatic heterocycles. The topological polar surface area (TPSA) is 63.2 Å². The number of hydrogen-bond donors (Lipinski definition) is 1. The summed E-state index contributed by atoms with van der Waals surface area (Å²) in [7, 11) is -3.25. The average Bonchev–Trinajstić information content (AvgIpc) is 2.63. The molecule has 1 saturated carbocycles. The van der Waals surface area contributed by atoms with Crippen molar-refractivity contribution in [2.45, 2.75) is 31.6 Å². The molecule has 1 N–H and O–H groups in total. The molecule has 0 heterocycles. The SMILES string of the molecule is CC1CC1NC(=O)C(C)S(C)(=O)=O. The smallest absolute Gasteiger partial charge is 0.238 e. The van der Waals surface area contributed by atoms with Gasteiger partial charge in [-0.2, -0.15) is 0 Å². The summed E-state index contributed by atoms with van der Waals surface area (Å²) in [6.45, 7) is 3.44. The summed E-state index contributed by atoms with van der Waals surface area (Å²) >= 11 is 0. The van der Waals surface area contributed by atoms with E-state index in [0.29, 0.717) is 5.92 Å². The van der Waals surface area contributed by atoms with Crippen LogP contribution < -0.4 is 5.32 Å². The highest BCUT2D eigenvalue weighted by atomic mass is 32.2. The second-order valence-electron chi connectivity index (χ2n) is 3.80. The lowest BCUT2D eigenvalue weighted by molar-refractivity contribution is -0.120. The van der Waals surface area contributed by atoms with Crippen LogP contribution in [-0.4, -0.2) is 31.9 Å². The van der Waals surface area contributed by atoms with Gasteiger partial charge in [0.1, 0.15) is 5.25 Å². The first-order valence-electron chi connectivity index (χ1n) is 4.31. The van der Waals surface area contributed by atoms with Crippen LogP contribution in [0.4, 0.5) is 0 Å². The van der Waals surface area contributed by atoms with Crippen LogP contribution in [0.15, 0.2) is 0 Å². The van der Waals surface area contributed by atoms with Crippen molar-refractivity contribution >= 4 is 15.7 Å². The van der Waals surface area contributed by atoms with Crippen molar-refractivity contribution in [3.63, 3.8) is 0 Å². The summed E-state index contributed by atoms with van der Waals surface area (Å²) in [4.78, 5) is 11.3. The predicted molar refractivity (Wildman–Crippen MR) is 50.0 cm³/mol. The molecule has 0 aromatic carbocycles. The number of amides is 1. The van der Waals surface area contributed by atoms with Crippen molar-refractivity contribution in [1.82, 2.24) is 5.32 Å². The quantitative estimate of drug-likeness (QED) is 0.702. The average molecular weight is 205 g/mol. The first-order chi connectivity index (χ1) is 5.82. The fraction of sp³-hybridized carbons (Fsp3) is 0.875. The van der Waals surface area contributed by atoms with Gasteiger partial charge in [-0.25, -0.2) is 8.42 Å². The molecule has 4 nitrogen and oxygen atoms in total. The molecule has 1 fully saturated rings. The van der Waals surface area contributed by atoms with Crippen LogP contribution in [0, 0.1) is 5.92 Å². The van der Waals surface area contributed by atoms with Crippen LogP contribution in [0.1, 0.15) is 20.3 Å². The standard InChI is InChI=1S/C8H15NO3S/c1-5-4-7(5)9-8(10)6(2)13(3,11)12/h5-7H,4H2,1-3H3,(H,9,10). The van der Waals surface area contributed by atoms with Crippen molar-refractivity contribution in [1.29, 1.82) is 0 Å². The Morgan fingerprint density at radius 2 is 2.00 bits per heavy atom. The maximum atomic E-state index is 11.3. The third kappa shape index (κ3) is 2.69. The zero-order chi connectivity index (χ0) is 10.2. The van der Waals surface area contributed by atoms with E-state index in [4.69, 9.17) is 0 Å². The second-order valence-corrected chi connectivity index (χ2v) is 6.17. The maximum absolute atomic E-state index is 11.3. The van der Waals surface area contributed by atoms with E-state index < -0.39 is 15.1 Å². The van der Waals surface area contributed by atoms with Gasteiger partial charge < -0.3 is 5.32 Å². The molecule has 3 unspecified atom stereocenters. The predicted octanol–water partition coefficient (Wildman–Crippen LogP) is -0.0559. The van der Waals surface area contributed by atoms with Gasteiger partial charge in [0, 0.05) is 12.3 Å². The molecule has 0 saturated heterocycles. The fourth-order valence-corrected chi connectivity index (χ4v) is 1.47. The monoisotopic (exact) mass is 205 g/mol. The zero-order valence-corrected chi connectivity index (χ0v) is 8.89. The van der Waals surface area contributed by atoms with Crippen LogP contribution in [-0.2, 0) is 14.6 Å². The van der Waals surface area contributed by atoms with Crippen molar-refractivity contribution in [2.24, 2.45) is 5.92 Å². The highest BCUT2D eigenvalue weighted by molar-refractivity contribution is 7.92. The molecular weight excluding hydrogens is 190 g/mol. The molecule has 0 aromatic heterocycles. The van der Waals surface area contributed by atoms with Crippen LogP contribution in [0.3, 0.4) is 0 Å². The van der Waals surface area contributed by atoms with Gasteiger partial charge in [0.05, 0.1) is 0 Å². The number of carbonyl (C=O) groups is 1. The number of nitrogens with one attached hydrogen (secondary N) is 1. The van der Waals surface area contributed by atoms with Gasteiger partial charge in [-0.15, -0.1) is 0 Å². The lowest BCUT2D eigenvalue weighted by Gasteiger charge is -2.09. The van der Waals surface area contributed by atoms with E-state index in [1.165, 1.54) is 6.92 Å². The largest absolute Gasteiger partial charge is 0.352 e. The van der Waals surface area contributed by atoms with E-state index in [1.54, 1.807) is 0 Å². The van der Waals surface area contributed by atoms with Gasteiger partial charge >= 0.3 is 0 Å². The van der Waals surface area contributed by atoms with Gasteiger partial charge in [0.2, 0.25) is 5.91 Å². The Bertz CT molecular complexity index is 309. The molecule has 13 heavy (non-hydrogen) atoms. The third-order valence-corrected chi connectivity index (χ3v) is 3.95. The molecule has 1 amide bonds. The highest BCUT2D eigenvalue weighted by Gasteiger charge is 2.36. The molecule has 1 aliphatic carbocycles. The summed E-state index contributed by atoms with van der Waals surface area (Å²) < 4.78 is 22.0. The number of hydrogen-bond acceptors (Lipinski definition) is 3. The summed E-state index contributed by atoms with van der Waals surface area (Å²) in [5, 5.41) is 1.76. The van der Waals surface area contributed by atoms with Crippen molar-refractivity contribution in [2.75, 3.05) is 6.26 Å². The van der Waals surface area contributed by atoms with E-state index in [2.05, 4.69) is 5.32 Å². The molecule has 5 heteroatoms. The normalized spacial score (nSPS) is 29.5. The van der Waals surface area contributed by atoms with Crippen LogP contribution in [0.2, 0.25) is 0 Å². The first-order valence-corrected chi connectivity index (χ1v) is 6.27. The van der Waals surface area contributed by atoms with Crippen molar-refractivity contribution in [3.8, 4) is 0 Å². The lowest BCUT2D eigenvalue weighted by Crippen LogP contribution is -2.38. The Balaban J connectivity index is 2.49. The van der Waals surface area contributed by atoms with Gasteiger partial charge in [-0.3, -0.25) is 4.79 Å². The fourth-order valence-electron chi connectivity index (χ4n) is 1.02. The number of rotatable bonds is 3. The molecule has 76 valence electrons. The van der Waals surface area contributed by atoms with Crippen LogP contribution >= 0.6 is 0 Å². The maximum Gasteiger partial charge on any atom is 0.238 e. The zero-order valence-electron chi connectivity index (χ0n) is 8.07. The summed E-state index contributed by atoms with van der Waals surface area (Å²) in [5.41, 5.74) is 0. The number of sulfone groups is 1. The minimum Gasteiger partial charge on any atom is -0.352 e. The molecule has 3 atom stereocenters. The Kier molecular flexibility index (Phi) is 2.66. The van der Waals surface area contributed by atoms with E-state index in [0.717, 1.165) is 12.7 Å². The van der Waals surface area contributed by atoms with Crippen molar-refractivity contribution < 1.29 is 13.2 Å². The minimum atomic E-state index is -3.25.